The molecular weight excluding hydrogens is 448 g/mol. The highest BCUT2D eigenvalue weighted by molar-refractivity contribution is 5.77. The summed E-state index contributed by atoms with van der Waals surface area (Å²) in [5.41, 5.74) is 3.44. The number of hydrogen-bond acceptors (Lipinski definition) is 4. The van der Waals surface area contributed by atoms with E-state index in [0.29, 0.717) is 23.8 Å². The molecule has 0 saturated heterocycles. The van der Waals surface area contributed by atoms with Crippen molar-refractivity contribution in [2.75, 3.05) is 0 Å². The van der Waals surface area contributed by atoms with Crippen LogP contribution in [0.5, 0.6) is 0 Å². The van der Waals surface area contributed by atoms with Crippen LogP contribution in [0, 0.1) is 18.6 Å². The number of carbonyl (C=O) groups excluding carboxylic acids is 1. The Bertz CT molecular complexity index is 1270. The number of rotatable bonds is 9. The summed E-state index contributed by atoms with van der Waals surface area (Å²) in [5.74, 6) is -0.0663. The van der Waals surface area contributed by atoms with Gasteiger partial charge in [-0.1, -0.05) is 48.9 Å². The van der Waals surface area contributed by atoms with Gasteiger partial charge < -0.3 is 9.32 Å². The number of carbonyl (C=O) groups is 1. The summed E-state index contributed by atoms with van der Waals surface area (Å²) in [6.07, 6.45) is 1.03. The second-order valence-corrected chi connectivity index (χ2v) is 8.49. The lowest BCUT2D eigenvalue weighted by Crippen LogP contribution is -2.34. The molecule has 0 bridgehead atoms. The molecule has 4 rings (SSSR count). The zero-order chi connectivity index (χ0) is 24.8. The van der Waals surface area contributed by atoms with E-state index in [2.05, 4.69) is 10.2 Å². The van der Waals surface area contributed by atoms with Crippen LogP contribution in [0.1, 0.15) is 48.4 Å². The maximum atomic E-state index is 13.8. The van der Waals surface area contributed by atoms with E-state index in [4.69, 9.17) is 4.42 Å². The third kappa shape index (κ3) is 6.18. The highest BCUT2D eigenvalue weighted by Crippen LogP contribution is 2.28. The molecule has 0 aliphatic heterocycles. The highest BCUT2D eigenvalue weighted by Gasteiger charge is 2.25. The van der Waals surface area contributed by atoms with Gasteiger partial charge in [-0.25, -0.2) is 8.78 Å². The Balaban J connectivity index is 1.52. The SMILES string of the molecule is CCC(c1ccc(F)cc1)N(Cc1cccc(F)c1)C(=O)CCc1nnc(-c2ccc(C)cc2)o1. The molecule has 0 spiro atoms. The maximum absolute atomic E-state index is 13.8. The minimum atomic E-state index is -0.362. The molecule has 7 heteroatoms. The van der Waals surface area contributed by atoms with Gasteiger partial charge in [-0.2, -0.15) is 0 Å². The quantitative estimate of drug-likeness (QED) is 0.280. The first-order valence-electron chi connectivity index (χ1n) is 11.6. The van der Waals surface area contributed by atoms with Crippen LogP contribution in [0.25, 0.3) is 11.5 Å². The first-order chi connectivity index (χ1) is 16.9. The van der Waals surface area contributed by atoms with Crippen molar-refractivity contribution in [3.63, 3.8) is 0 Å². The van der Waals surface area contributed by atoms with Gasteiger partial charge in [0.15, 0.2) is 0 Å². The smallest absolute Gasteiger partial charge is 0.247 e. The number of hydrogen-bond donors (Lipinski definition) is 0. The average molecular weight is 476 g/mol. The Hall–Kier alpha value is -3.87. The van der Waals surface area contributed by atoms with Crippen LogP contribution in [-0.4, -0.2) is 21.0 Å². The lowest BCUT2D eigenvalue weighted by atomic mass is 10.0. The summed E-state index contributed by atoms with van der Waals surface area (Å²) in [6.45, 7) is 4.19. The third-order valence-corrected chi connectivity index (χ3v) is 5.90. The Morgan fingerprint density at radius 1 is 0.971 bits per heavy atom. The molecule has 1 unspecified atom stereocenters. The number of amides is 1. The van der Waals surface area contributed by atoms with Gasteiger partial charge in [-0.3, -0.25) is 4.79 Å². The van der Waals surface area contributed by atoms with Crippen LogP contribution in [-0.2, 0) is 17.8 Å². The monoisotopic (exact) mass is 475 g/mol. The van der Waals surface area contributed by atoms with Crippen LogP contribution in [0.15, 0.2) is 77.2 Å². The van der Waals surface area contributed by atoms with Crippen LogP contribution in [0.4, 0.5) is 8.78 Å². The Morgan fingerprint density at radius 3 is 2.40 bits per heavy atom. The number of nitrogens with zero attached hydrogens (tertiary/aromatic N) is 3. The van der Waals surface area contributed by atoms with E-state index in [1.165, 1.54) is 24.3 Å². The van der Waals surface area contributed by atoms with Crippen LogP contribution >= 0.6 is 0 Å². The van der Waals surface area contributed by atoms with E-state index >= 15 is 0 Å². The van der Waals surface area contributed by atoms with E-state index in [0.717, 1.165) is 16.7 Å². The number of aromatic nitrogens is 2. The van der Waals surface area contributed by atoms with Crippen molar-refractivity contribution in [2.24, 2.45) is 0 Å². The van der Waals surface area contributed by atoms with Crippen molar-refractivity contribution in [1.29, 1.82) is 0 Å². The summed E-state index contributed by atoms with van der Waals surface area (Å²) in [7, 11) is 0. The van der Waals surface area contributed by atoms with Crippen molar-refractivity contribution < 1.29 is 18.0 Å². The fourth-order valence-electron chi connectivity index (χ4n) is 4.05. The van der Waals surface area contributed by atoms with Gasteiger partial charge in [0.1, 0.15) is 11.6 Å². The minimum absolute atomic E-state index is 0.138. The van der Waals surface area contributed by atoms with Gasteiger partial charge >= 0.3 is 0 Å². The second kappa shape index (κ2) is 11.0. The molecule has 1 aromatic heterocycles. The predicted octanol–water partition coefficient (Wildman–Crippen LogP) is 6.44. The second-order valence-electron chi connectivity index (χ2n) is 8.49. The van der Waals surface area contributed by atoms with Gasteiger partial charge in [0.2, 0.25) is 17.7 Å². The van der Waals surface area contributed by atoms with Crippen molar-refractivity contribution in [2.45, 2.75) is 45.7 Å². The van der Waals surface area contributed by atoms with Crippen molar-refractivity contribution in [1.82, 2.24) is 15.1 Å². The molecular formula is C28H27F2N3O2. The molecule has 0 radical (unpaired) electrons. The molecule has 0 N–H and O–H groups in total. The van der Waals surface area contributed by atoms with E-state index < -0.39 is 0 Å². The molecule has 0 saturated carbocycles. The van der Waals surface area contributed by atoms with Crippen molar-refractivity contribution in [3.05, 3.63) is 107 Å². The topological polar surface area (TPSA) is 59.2 Å². The molecule has 1 amide bonds. The Kier molecular flexibility index (Phi) is 7.65. The predicted molar refractivity (Wildman–Crippen MR) is 129 cm³/mol. The van der Waals surface area contributed by atoms with E-state index in [1.54, 1.807) is 29.2 Å². The molecule has 3 aromatic carbocycles. The first-order valence-corrected chi connectivity index (χ1v) is 11.6. The summed E-state index contributed by atoms with van der Waals surface area (Å²) < 4.78 is 33.1. The Morgan fingerprint density at radius 2 is 1.71 bits per heavy atom. The van der Waals surface area contributed by atoms with Gasteiger partial charge in [-0.15, -0.1) is 10.2 Å². The summed E-state index contributed by atoms with van der Waals surface area (Å²) in [4.78, 5) is 15.1. The van der Waals surface area contributed by atoms with E-state index in [1.807, 2.05) is 38.1 Å². The average Bonchev–Trinajstić information content (AvgIpc) is 3.33. The lowest BCUT2D eigenvalue weighted by Gasteiger charge is -2.32. The molecule has 180 valence electrons. The van der Waals surface area contributed by atoms with Crippen molar-refractivity contribution in [3.8, 4) is 11.5 Å². The largest absolute Gasteiger partial charge is 0.421 e. The summed E-state index contributed by atoms with van der Waals surface area (Å²) in [6, 6.07) is 19.8. The van der Waals surface area contributed by atoms with Gasteiger partial charge in [0.25, 0.3) is 0 Å². The van der Waals surface area contributed by atoms with E-state index in [9.17, 15) is 13.6 Å². The molecule has 1 atom stereocenters. The normalized spacial score (nSPS) is 11.9. The molecule has 0 aliphatic carbocycles. The lowest BCUT2D eigenvalue weighted by molar-refractivity contribution is -0.134. The first kappa shape index (κ1) is 24.3. The minimum Gasteiger partial charge on any atom is -0.421 e. The zero-order valence-electron chi connectivity index (χ0n) is 19.7. The molecule has 5 nitrogen and oxygen atoms in total. The molecule has 4 aromatic rings. The number of aryl methyl sites for hydroxylation is 2. The van der Waals surface area contributed by atoms with Crippen molar-refractivity contribution >= 4 is 5.91 Å². The number of benzene rings is 3. The van der Waals surface area contributed by atoms with Gasteiger partial charge in [0, 0.05) is 24.9 Å². The highest BCUT2D eigenvalue weighted by atomic mass is 19.1. The number of halogens is 2. The summed E-state index contributed by atoms with van der Waals surface area (Å²) >= 11 is 0. The fraction of sp³-hybridized carbons (Fsp3) is 0.250. The van der Waals surface area contributed by atoms with Gasteiger partial charge in [-0.05, 0) is 60.9 Å². The standard InChI is InChI=1S/C28H27F2N3O2/c1-3-25(21-11-13-23(29)14-12-21)33(18-20-5-4-6-24(30)17-20)27(34)16-15-26-31-32-28(35-26)22-9-7-19(2)8-10-22/h4-14,17,25H,3,15-16,18H2,1-2H3. The molecule has 35 heavy (non-hydrogen) atoms. The zero-order valence-corrected chi connectivity index (χ0v) is 19.7. The Labute approximate surface area is 203 Å². The van der Waals surface area contributed by atoms with E-state index in [-0.39, 0.29) is 43.0 Å². The molecule has 0 aliphatic rings. The molecule has 0 fully saturated rings. The summed E-state index contributed by atoms with van der Waals surface area (Å²) in [5, 5.41) is 8.20. The maximum Gasteiger partial charge on any atom is 0.247 e. The molecule has 1 heterocycles. The van der Waals surface area contributed by atoms with Crippen LogP contribution in [0.3, 0.4) is 0 Å². The van der Waals surface area contributed by atoms with Crippen LogP contribution in [0.2, 0.25) is 0 Å². The van der Waals surface area contributed by atoms with Gasteiger partial charge in [0.05, 0.1) is 6.04 Å². The van der Waals surface area contributed by atoms with Crippen LogP contribution < -0.4 is 0 Å². The third-order valence-electron chi connectivity index (χ3n) is 5.90. The fourth-order valence-corrected chi connectivity index (χ4v) is 4.05.